The molecule has 1 N–H and O–H groups in total. The molecule has 0 saturated carbocycles. The van der Waals surface area contributed by atoms with E-state index in [9.17, 15) is 19.3 Å². The second kappa shape index (κ2) is 5.85. The van der Waals surface area contributed by atoms with Crippen molar-refractivity contribution in [3.8, 4) is 0 Å². The predicted octanol–water partition coefficient (Wildman–Crippen LogP) is 2.08. The quantitative estimate of drug-likeness (QED) is 0.678. The van der Waals surface area contributed by atoms with Crippen molar-refractivity contribution in [3.63, 3.8) is 0 Å². The van der Waals surface area contributed by atoms with E-state index in [-0.39, 0.29) is 18.1 Å². The zero-order valence-electron chi connectivity index (χ0n) is 11.9. The number of hydrogen-bond donors (Lipinski definition) is 1. The van der Waals surface area contributed by atoms with Gasteiger partial charge < -0.3 is 10.2 Å². The third kappa shape index (κ3) is 4.18. The van der Waals surface area contributed by atoms with Crippen LogP contribution in [0, 0.1) is 15.9 Å². The van der Waals surface area contributed by atoms with Gasteiger partial charge in [-0.3, -0.25) is 14.9 Å². The number of rotatable bonds is 4. The largest absolute Gasteiger partial charge is 0.360 e. The number of amides is 1. The minimum atomic E-state index is -0.921. The van der Waals surface area contributed by atoms with Crippen LogP contribution in [0.2, 0.25) is 0 Å². The molecule has 0 aliphatic rings. The van der Waals surface area contributed by atoms with E-state index in [0.29, 0.717) is 0 Å². The van der Waals surface area contributed by atoms with Crippen molar-refractivity contribution in [1.82, 2.24) is 5.32 Å². The molecule has 1 amide bonds. The van der Waals surface area contributed by atoms with E-state index in [1.165, 1.54) is 24.1 Å². The molecule has 0 aliphatic carbocycles. The molecule has 0 aliphatic heterocycles. The van der Waals surface area contributed by atoms with Gasteiger partial charge in [-0.2, -0.15) is 4.39 Å². The highest BCUT2D eigenvalue weighted by Crippen LogP contribution is 2.29. The topological polar surface area (TPSA) is 75.5 Å². The van der Waals surface area contributed by atoms with Gasteiger partial charge in [0.25, 0.3) is 0 Å². The van der Waals surface area contributed by atoms with Gasteiger partial charge in [0, 0.05) is 12.6 Å². The maximum absolute atomic E-state index is 13.5. The van der Waals surface area contributed by atoms with Crippen LogP contribution in [0.1, 0.15) is 20.8 Å². The molecule has 110 valence electrons. The normalized spacial score (nSPS) is 11.1. The van der Waals surface area contributed by atoms with Gasteiger partial charge in [-0.15, -0.1) is 0 Å². The van der Waals surface area contributed by atoms with Crippen molar-refractivity contribution in [2.24, 2.45) is 0 Å². The van der Waals surface area contributed by atoms with E-state index >= 15 is 0 Å². The molecule has 20 heavy (non-hydrogen) atoms. The molecule has 0 unspecified atom stereocenters. The lowest BCUT2D eigenvalue weighted by Gasteiger charge is -2.24. The molecule has 0 atom stereocenters. The van der Waals surface area contributed by atoms with Gasteiger partial charge in [-0.25, -0.2) is 0 Å². The molecule has 0 radical (unpaired) electrons. The highest BCUT2D eigenvalue weighted by atomic mass is 19.1. The van der Waals surface area contributed by atoms with Crippen molar-refractivity contribution in [2.45, 2.75) is 26.3 Å². The average molecular weight is 283 g/mol. The molecule has 6 nitrogen and oxygen atoms in total. The second-order valence-corrected chi connectivity index (χ2v) is 5.52. The van der Waals surface area contributed by atoms with Crippen LogP contribution < -0.4 is 10.2 Å². The van der Waals surface area contributed by atoms with Crippen molar-refractivity contribution < 1.29 is 14.1 Å². The maximum Gasteiger partial charge on any atom is 0.327 e. The predicted molar refractivity (Wildman–Crippen MR) is 74.2 cm³/mol. The van der Waals surface area contributed by atoms with Gasteiger partial charge in [0.15, 0.2) is 0 Å². The van der Waals surface area contributed by atoms with E-state index in [4.69, 9.17) is 0 Å². The number of carbonyl (C=O) groups is 1. The van der Waals surface area contributed by atoms with Gasteiger partial charge in [0.1, 0.15) is 5.69 Å². The Bertz CT molecular complexity index is 526. The Hall–Kier alpha value is -2.18. The monoisotopic (exact) mass is 283 g/mol. The molecule has 0 fully saturated rings. The Morgan fingerprint density at radius 3 is 2.55 bits per heavy atom. The standard InChI is InChI=1S/C13H18FN3O3/c1-13(2,3)15-11(18)8-16(4)10-7-5-6-9(14)12(10)17(19)20/h5-7H,8H2,1-4H3,(H,15,18). The number of para-hydroxylation sites is 1. The number of nitrogens with zero attached hydrogens (tertiary/aromatic N) is 2. The zero-order chi connectivity index (χ0) is 15.5. The lowest BCUT2D eigenvalue weighted by atomic mass is 10.1. The second-order valence-electron chi connectivity index (χ2n) is 5.52. The smallest absolute Gasteiger partial charge is 0.327 e. The molecule has 1 aromatic rings. The molecule has 0 spiro atoms. The van der Waals surface area contributed by atoms with E-state index in [1.54, 1.807) is 0 Å². The van der Waals surface area contributed by atoms with Crippen molar-refractivity contribution in [3.05, 3.63) is 34.1 Å². The van der Waals surface area contributed by atoms with E-state index in [2.05, 4.69) is 5.32 Å². The van der Waals surface area contributed by atoms with Gasteiger partial charge >= 0.3 is 5.69 Å². The van der Waals surface area contributed by atoms with Gasteiger partial charge in [-0.05, 0) is 32.9 Å². The fourth-order valence-corrected chi connectivity index (χ4v) is 1.75. The first-order valence-corrected chi connectivity index (χ1v) is 6.07. The molecular formula is C13H18FN3O3. The van der Waals surface area contributed by atoms with E-state index in [1.807, 2.05) is 20.8 Å². The summed E-state index contributed by atoms with van der Waals surface area (Å²) in [6.07, 6.45) is 0. The van der Waals surface area contributed by atoms with Gasteiger partial charge in [0.2, 0.25) is 11.7 Å². The Balaban J connectivity index is 2.93. The van der Waals surface area contributed by atoms with Crippen LogP contribution in [0.4, 0.5) is 15.8 Å². The molecule has 0 aromatic heterocycles. The first-order valence-electron chi connectivity index (χ1n) is 6.07. The summed E-state index contributed by atoms with van der Waals surface area (Å²) in [4.78, 5) is 23.3. The number of halogens is 1. The molecule has 0 saturated heterocycles. The van der Waals surface area contributed by atoms with Gasteiger partial charge in [0.05, 0.1) is 11.5 Å². The Labute approximate surface area is 116 Å². The van der Waals surface area contributed by atoms with Crippen LogP contribution in [0.15, 0.2) is 18.2 Å². The van der Waals surface area contributed by atoms with Crippen molar-refractivity contribution in [2.75, 3.05) is 18.5 Å². The lowest BCUT2D eigenvalue weighted by Crippen LogP contribution is -2.45. The summed E-state index contributed by atoms with van der Waals surface area (Å²) in [5.74, 6) is -1.21. The molecule has 1 aromatic carbocycles. The number of carbonyl (C=O) groups excluding carboxylic acids is 1. The average Bonchev–Trinajstić information content (AvgIpc) is 2.24. The number of likely N-dealkylation sites (N-methyl/N-ethyl adjacent to an activating group) is 1. The molecule has 0 bridgehead atoms. The highest BCUT2D eigenvalue weighted by Gasteiger charge is 2.24. The Morgan fingerprint density at radius 2 is 2.05 bits per heavy atom. The molecule has 7 heteroatoms. The minimum absolute atomic E-state index is 0.0686. The van der Waals surface area contributed by atoms with Crippen molar-refractivity contribution in [1.29, 1.82) is 0 Å². The number of anilines is 1. The maximum atomic E-state index is 13.5. The molecular weight excluding hydrogens is 265 g/mol. The van der Waals surface area contributed by atoms with Crippen LogP contribution in [0.5, 0.6) is 0 Å². The van der Waals surface area contributed by atoms with Gasteiger partial charge in [-0.1, -0.05) is 6.07 Å². The fraction of sp³-hybridized carbons (Fsp3) is 0.462. The lowest BCUT2D eigenvalue weighted by molar-refractivity contribution is -0.386. The van der Waals surface area contributed by atoms with E-state index in [0.717, 1.165) is 6.07 Å². The van der Waals surface area contributed by atoms with Crippen LogP contribution in [-0.4, -0.2) is 30.0 Å². The van der Waals surface area contributed by atoms with Crippen LogP contribution in [0.25, 0.3) is 0 Å². The number of benzene rings is 1. The first-order chi connectivity index (χ1) is 9.11. The Morgan fingerprint density at radius 1 is 1.45 bits per heavy atom. The summed E-state index contributed by atoms with van der Waals surface area (Å²) < 4.78 is 13.5. The number of nitro groups is 1. The van der Waals surface area contributed by atoms with Crippen LogP contribution in [-0.2, 0) is 4.79 Å². The Kier molecular flexibility index (Phi) is 4.65. The SMILES string of the molecule is CN(CC(=O)NC(C)(C)C)c1cccc(F)c1[N+](=O)[O-]. The minimum Gasteiger partial charge on any atom is -0.360 e. The van der Waals surface area contributed by atoms with Crippen LogP contribution >= 0.6 is 0 Å². The van der Waals surface area contributed by atoms with Crippen LogP contribution in [0.3, 0.4) is 0 Å². The number of nitrogens with one attached hydrogen (secondary N) is 1. The highest BCUT2D eigenvalue weighted by molar-refractivity contribution is 5.82. The molecule has 0 heterocycles. The van der Waals surface area contributed by atoms with Crippen molar-refractivity contribution >= 4 is 17.3 Å². The summed E-state index contributed by atoms with van der Waals surface area (Å²) in [6.45, 7) is 5.39. The summed E-state index contributed by atoms with van der Waals surface area (Å²) >= 11 is 0. The fourth-order valence-electron chi connectivity index (χ4n) is 1.75. The van der Waals surface area contributed by atoms with E-state index < -0.39 is 22.0 Å². The molecule has 1 rings (SSSR count). The first kappa shape index (κ1) is 15.9. The summed E-state index contributed by atoms with van der Waals surface area (Å²) in [5, 5.41) is 13.6. The summed E-state index contributed by atoms with van der Waals surface area (Å²) in [7, 11) is 1.50. The summed E-state index contributed by atoms with van der Waals surface area (Å²) in [6, 6.07) is 3.80. The zero-order valence-corrected chi connectivity index (χ0v) is 11.9. The third-order valence-electron chi connectivity index (χ3n) is 2.45. The number of nitro benzene ring substituents is 1. The summed E-state index contributed by atoms with van der Waals surface area (Å²) in [5.41, 5.74) is -0.955. The number of hydrogen-bond acceptors (Lipinski definition) is 4. The third-order valence-corrected chi connectivity index (χ3v) is 2.45.